The van der Waals surface area contributed by atoms with Gasteiger partial charge in [-0.2, -0.15) is 0 Å². The Morgan fingerprint density at radius 1 is 1.43 bits per heavy atom. The molecule has 1 fully saturated rings. The highest BCUT2D eigenvalue weighted by atomic mass is 35.5. The fourth-order valence-corrected chi connectivity index (χ4v) is 3.09. The summed E-state index contributed by atoms with van der Waals surface area (Å²) in [4.78, 5) is 46.0. The lowest BCUT2D eigenvalue weighted by Crippen LogP contribution is -2.52. The van der Waals surface area contributed by atoms with E-state index >= 15 is 0 Å². The van der Waals surface area contributed by atoms with Crippen molar-refractivity contribution in [1.29, 1.82) is 0 Å². The molecule has 2 heterocycles. The fraction of sp³-hybridized carbons (Fsp3) is 0.333. The second kappa shape index (κ2) is 6.23. The maximum Gasteiger partial charge on any atom is 0.256 e. The predicted octanol–water partition coefficient (Wildman–Crippen LogP) is 0.895. The van der Waals surface area contributed by atoms with Crippen molar-refractivity contribution in [2.24, 2.45) is 0 Å². The summed E-state index contributed by atoms with van der Waals surface area (Å²) < 4.78 is 0. The maximum absolute atomic E-state index is 12.2. The largest absolute Gasteiger partial charge is 0.340 e. The van der Waals surface area contributed by atoms with E-state index in [4.69, 9.17) is 11.6 Å². The molecule has 1 aromatic heterocycles. The van der Waals surface area contributed by atoms with Crippen LogP contribution in [0.2, 0.25) is 5.02 Å². The number of piperidine rings is 1. The minimum Gasteiger partial charge on any atom is -0.340 e. The number of thiophene rings is 1. The van der Waals surface area contributed by atoms with Crippen molar-refractivity contribution < 1.29 is 19.2 Å². The number of carbonyl (C=O) groups is 4. The molecule has 0 aliphatic carbocycles. The van der Waals surface area contributed by atoms with Crippen molar-refractivity contribution in [2.45, 2.75) is 25.8 Å². The Bertz CT molecular complexity index is 628. The predicted molar refractivity (Wildman–Crippen MR) is 77.3 cm³/mol. The maximum atomic E-state index is 12.2. The van der Waals surface area contributed by atoms with Crippen LogP contribution in [0.1, 0.15) is 30.1 Å². The molecule has 1 saturated heterocycles. The van der Waals surface area contributed by atoms with Crippen LogP contribution in [0.5, 0.6) is 0 Å². The zero-order valence-electron chi connectivity index (χ0n) is 11.0. The van der Waals surface area contributed by atoms with Gasteiger partial charge >= 0.3 is 0 Å². The van der Waals surface area contributed by atoms with Gasteiger partial charge in [0.2, 0.25) is 17.7 Å². The van der Waals surface area contributed by atoms with Gasteiger partial charge in [-0.3, -0.25) is 24.5 Å². The summed E-state index contributed by atoms with van der Waals surface area (Å²) in [6, 6.07) is -0.795. The van der Waals surface area contributed by atoms with Gasteiger partial charge in [0.25, 0.3) is 5.91 Å². The van der Waals surface area contributed by atoms with Crippen molar-refractivity contribution in [3.8, 4) is 0 Å². The van der Waals surface area contributed by atoms with E-state index < -0.39 is 17.9 Å². The van der Waals surface area contributed by atoms with E-state index in [0.717, 1.165) is 11.3 Å². The van der Waals surface area contributed by atoms with Gasteiger partial charge in [-0.1, -0.05) is 11.6 Å². The molecular formula is C12H12ClN3O4S. The van der Waals surface area contributed by atoms with Crippen LogP contribution in [0, 0.1) is 0 Å². The van der Waals surface area contributed by atoms with Crippen LogP contribution < -0.4 is 16.0 Å². The van der Waals surface area contributed by atoms with Crippen LogP contribution in [-0.2, 0) is 14.4 Å². The van der Waals surface area contributed by atoms with Crippen LogP contribution >= 0.6 is 22.9 Å². The molecule has 1 atom stereocenters. The average molecular weight is 330 g/mol. The first-order valence-electron chi connectivity index (χ1n) is 6.07. The molecule has 112 valence electrons. The van der Waals surface area contributed by atoms with Crippen LogP contribution in [0.25, 0.3) is 0 Å². The Balaban J connectivity index is 2.13. The van der Waals surface area contributed by atoms with Gasteiger partial charge < -0.3 is 10.6 Å². The third-order valence-electron chi connectivity index (χ3n) is 2.81. The van der Waals surface area contributed by atoms with Crippen LogP contribution in [0.4, 0.5) is 5.00 Å². The zero-order chi connectivity index (χ0) is 15.6. The lowest BCUT2D eigenvalue weighted by atomic mass is 10.1. The van der Waals surface area contributed by atoms with Crippen molar-refractivity contribution in [2.75, 3.05) is 5.32 Å². The molecule has 1 aliphatic heterocycles. The van der Waals surface area contributed by atoms with Crippen molar-refractivity contribution >= 4 is 51.6 Å². The van der Waals surface area contributed by atoms with E-state index in [1.807, 2.05) is 0 Å². The summed E-state index contributed by atoms with van der Waals surface area (Å²) in [5.41, 5.74) is 0.113. The molecule has 3 N–H and O–H groups in total. The van der Waals surface area contributed by atoms with Gasteiger partial charge in [0.1, 0.15) is 11.0 Å². The first-order valence-corrected chi connectivity index (χ1v) is 7.33. The van der Waals surface area contributed by atoms with Crippen LogP contribution in [-0.4, -0.2) is 29.7 Å². The summed E-state index contributed by atoms with van der Waals surface area (Å²) in [7, 11) is 0. The highest BCUT2D eigenvalue weighted by Crippen LogP contribution is 2.32. The Morgan fingerprint density at radius 2 is 2.14 bits per heavy atom. The number of hydrogen-bond donors (Lipinski definition) is 3. The SMILES string of the molecule is CC(=O)Nc1scc(Cl)c1C(=O)NC1CCC(=O)NC1=O. The fourth-order valence-electron chi connectivity index (χ4n) is 1.86. The first-order chi connectivity index (χ1) is 9.88. The van der Waals surface area contributed by atoms with Crippen molar-refractivity contribution in [1.82, 2.24) is 10.6 Å². The molecule has 0 saturated carbocycles. The highest BCUT2D eigenvalue weighted by molar-refractivity contribution is 7.15. The van der Waals surface area contributed by atoms with Gasteiger partial charge in [0.05, 0.1) is 10.6 Å². The van der Waals surface area contributed by atoms with E-state index in [1.54, 1.807) is 0 Å². The number of rotatable bonds is 3. The smallest absolute Gasteiger partial charge is 0.256 e. The summed E-state index contributed by atoms with van der Waals surface area (Å²) >= 11 is 7.06. The normalized spacial score (nSPS) is 18.1. The van der Waals surface area contributed by atoms with Gasteiger partial charge in [-0.05, 0) is 6.42 Å². The number of halogens is 1. The molecule has 21 heavy (non-hydrogen) atoms. The molecule has 7 nitrogen and oxygen atoms in total. The number of amides is 4. The molecule has 4 amide bonds. The molecule has 9 heteroatoms. The second-order valence-electron chi connectivity index (χ2n) is 4.45. The van der Waals surface area contributed by atoms with E-state index in [2.05, 4.69) is 16.0 Å². The molecular weight excluding hydrogens is 318 g/mol. The standard InChI is InChI=1S/C12H12ClN3O4S/c1-5(17)14-12-9(6(13)4-21-12)11(20)15-7-2-3-8(18)16-10(7)19/h4,7H,2-3H2,1H3,(H,14,17)(H,15,20)(H,16,18,19). The van der Waals surface area contributed by atoms with Gasteiger partial charge in [-0.25, -0.2) is 0 Å². The van der Waals surface area contributed by atoms with E-state index in [-0.39, 0.29) is 35.2 Å². The van der Waals surface area contributed by atoms with Crippen LogP contribution in [0.15, 0.2) is 5.38 Å². The lowest BCUT2D eigenvalue weighted by Gasteiger charge is -2.21. The Kier molecular flexibility index (Phi) is 4.59. The van der Waals surface area contributed by atoms with Gasteiger partial charge in [0.15, 0.2) is 0 Å². The summed E-state index contributed by atoms with van der Waals surface area (Å²) in [6.07, 6.45) is 0.389. The Labute approximate surface area is 129 Å². The molecule has 0 bridgehead atoms. The molecule has 0 spiro atoms. The first kappa shape index (κ1) is 15.5. The topological polar surface area (TPSA) is 104 Å². The summed E-state index contributed by atoms with van der Waals surface area (Å²) in [5.74, 6) is -1.81. The highest BCUT2D eigenvalue weighted by Gasteiger charge is 2.29. The Hall–Kier alpha value is -1.93. The number of hydrogen-bond acceptors (Lipinski definition) is 5. The quantitative estimate of drug-likeness (QED) is 0.716. The number of imide groups is 1. The van der Waals surface area contributed by atoms with Gasteiger partial charge in [-0.15, -0.1) is 11.3 Å². The van der Waals surface area contributed by atoms with Crippen molar-refractivity contribution in [3.05, 3.63) is 16.0 Å². The van der Waals surface area contributed by atoms with E-state index in [1.165, 1.54) is 12.3 Å². The molecule has 1 aromatic rings. The monoisotopic (exact) mass is 329 g/mol. The second-order valence-corrected chi connectivity index (χ2v) is 5.73. The molecule has 1 unspecified atom stereocenters. The Morgan fingerprint density at radius 3 is 2.76 bits per heavy atom. The third-order valence-corrected chi connectivity index (χ3v) is 4.13. The van der Waals surface area contributed by atoms with Gasteiger partial charge in [0, 0.05) is 18.7 Å². The third kappa shape index (κ3) is 3.59. The minimum atomic E-state index is -0.795. The van der Waals surface area contributed by atoms with Crippen molar-refractivity contribution in [3.63, 3.8) is 0 Å². The summed E-state index contributed by atoms with van der Waals surface area (Å²) in [5, 5.41) is 9.20. The van der Waals surface area contributed by atoms with E-state index in [9.17, 15) is 19.2 Å². The minimum absolute atomic E-state index is 0.113. The molecule has 0 radical (unpaired) electrons. The van der Waals surface area contributed by atoms with E-state index in [0.29, 0.717) is 5.00 Å². The number of anilines is 1. The number of nitrogens with one attached hydrogen (secondary N) is 3. The number of carbonyl (C=O) groups excluding carboxylic acids is 4. The van der Waals surface area contributed by atoms with Crippen LogP contribution in [0.3, 0.4) is 0 Å². The molecule has 2 rings (SSSR count). The molecule has 1 aliphatic rings. The lowest BCUT2D eigenvalue weighted by molar-refractivity contribution is -0.134. The zero-order valence-corrected chi connectivity index (χ0v) is 12.6. The molecule has 0 aromatic carbocycles. The summed E-state index contributed by atoms with van der Waals surface area (Å²) in [6.45, 7) is 1.31. The average Bonchev–Trinajstić information content (AvgIpc) is 2.73.